The van der Waals surface area contributed by atoms with Crippen LogP contribution in [0.3, 0.4) is 0 Å². The number of hydrogen-bond donors (Lipinski definition) is 2. The van der Waals surface area contributed by atoms with E-state index in [4.69, 9.17) is 0 Å². The molecule has 1 atom stereocenters. The van der Waals surface area contributed by atoms with Crippen LogP contribution in [-0.4, -0.2) is 46.7 Å². The second-order valence-corrected chi connectivity index (χ2v) is 6.83. The molecule has 0 saturated heterocycles. The normalized spacial score (nSPS) is 22.6. The Hall–Kier alpha value is -0.610. The molecular formula is C17H32N2O2. The van der Waals surface area contributed by atoms with Crippen LogP contribution in [0.4, 0.5) is 0 Å². The van der Waals surface area contributed by atoms with Crippen LogP contribution >= 0.6 is 0 Å². The van der Waals surface area contributed by atoms with Crippen molar-refractivity contribution in [2.45, 2.75) is 89.3 Å². The molecule has 0 bridgehead atoms. The van der Waals surface area contributed by atoms with Crippen LogP contribution < -0.4 is 5.32 Å². The summed E-state index contributed by atoms with van der Waals surface area (Å²) in [5, 5.41) is 13.1. The van der Waals surface area contributed by atoms with Crippen LogP contribution in [0, 0.1) is 0 Å². The fourth-order valence-corrected chi connectivity index (χ4v) is 3.74. The van der Waals surface area contributed by atoms with Crippen molar-refractivity contribution in [2.75, 3.05) is 13.1 Å². The van der Waals surface area contributed by atoms with Crippen molar-refractivity contribution in [2.24, 2.45) is 0 Å². The van der Waals surface area contributed by atoms with Crippen molar-refractivity contribution in [3.05, 3.63) is 0 Å². The van der Waals surface area contributed by atoms with Gasteiger partial charge in [0.25, 0.3) is 0 Å². The molecule has 0 spiro atoms. The summed E-state index contributed by atoms with van der Waals surface area (Å²) in [6, 6.07) is 1.19. The van der Waals surface area contributed by atoms with E-state index < -0.39 is 11.5 Å². The monoisotopic (exact) mass is 296 g/mol. The summed E-state index contributed by atoms with van der Waals surface area (Å²) in [4.78, 5) is 14.3. The molecule has 0 amide bonds. The van der Waals surface area contributed by atoms with E-state index in [1.165, 1.54) is 25.7 Å². The molecule has 0 aliphatic heterocycles. The van der Waals surface area contributed by atoms with Crippen LogP contribution in [0.2, 0.25) is 0 Å². The zero-order chi connectivity index (χ0) is 15.3. The van der Waals surface area contributed by atoms with Gasteiger partial charge in [-0.25, -0.2) is 0 Å². The molecule has 2 aliphatic carbocycles. The first-order chi connectivity index (χ1) is 10.1. The Morgan fingerprint density at radius 3 is 2.38 bits per heavy atom. The largest absolute Gasteiger partial charge is 0.480 e. The lowest BCUT2D eigenvalue weighted by molar-refractivity contribution is -0.145. The minimum atomic E-state index is -0.698. The zero-order valence-corrected chi connectivity index (χ0v) is 13.7. The fraction of sp³-hybridized carbons (Fsp3) is 0.941. The van der Waals surface area contributed by atoms with Gasteiger partial charge in [0.2, 0.25) is 0 Å². The number of carboxylic acid groups (broad SMARTS) is 1. The van der Waals surface area contributed by atoms with Crippen LogP contribution in [-0.2, 0) is 4.79 Å². The van der Waals surface area contributed by atoms with Gasteiger partial charge in [-0.15, -0.1) is 0 Å². The van der Waals surface area contributed by atoms with Crippen molar-refractivity contribution in [1.29, 1.82) is 0 Å². The van der Waals surface area contributed by atoms with E-state index >= 15 is 0 Å². The lowest BCUT2D eigenvalue weighted by Gasteiger charge is -2.32. The molecule has 2 N–H and O–H groups in total. The lowest BCUT2D eigenvalue weighted by Crippen LogP contribution is -2.53. The Morgan fingerprint density at radius 1 is 1.24 bits per heavy atom. The minimum Gasteiger partial charge on any atom is -0.480 e. The van der Waals surface area contributed by atoms with Gasteiger partial charge in [0.05, 0.1) is 0 Å². The van der Waals surface area contributed by atoms with Gasteiger partial charge < -0.3 is 10.0 Å². The van der Waals surface area contributed by atoms with Gasteiger partial charge in [-0.2, -0.15) is 0 Å². The molecule has 1 unspecified atom stereocenters. The predicted octanol–water partition coefficient (Wildman–Crippen LogP) is 3.02. The summed E-state index contributed by atoms with van der Waals surface area (Å²) in [5.41, 5.74) is -0.698. The van der Waals surface area contributed by atoms with Crippen LogP contribution in [0.25, 0.3) is 0 Å². The summed E-state index contributed by atoms with van der Waals surface area (Å²) in [6.45, 7) is 6.36. The average Bonchev–Trinajstić information content (AvgIpc) is 3.12. The van der Waals surface area contributed by atoms with Crippen molar-refractivity contribution in [1.82, 2.24) is 10.2 Å². The van der Waals surface area contributed by atoms with E-state index in [2.05, 4.69) is 17.1 Å². The second-order valence-electron chi connectivity index (χ2n) is 6.83. The topological polar surface area (TPSA) is 52.6 Å². The molecule has 2 fully saturated rings. The molecule has 2 rings (SSSR count). The first-order valence-electron chi connectivity index (χ1n) is 8.86. The molecule has 2 aliphatic rings. The maximum atomic E-state index is 11.7. The number of nitrogens with zero attached hydrogens (tertiary/aromatic N) is 1. The molecule has 2 saturated carbocycles. The minimum absolute atomic E-state index is 0.443. The third-order valence-electron chi connectivity index (χ3n) is 5.37. The van der Waals surface area contributed by atoms with E-state index in [1.807, 2.05) is 6.92 Å². The van der Waals surface area contributed by atoms with Crippen molar-refractivity contribution >= 4 is 5.97 Å². The van der Waals surface area contributed by atoms with Gasteiger partial charge in [-0.05, 0) is 58.0 Å². The smallest absolute Gasteiger partial charge is 0.323 e. The molecule has 0 radical (unpaired) electrons. The highest BCUT2D eigenvalue weighted by Crippen LogP contribution is 2.28. The van der Waals surface area contributed by atoms with Gasteiger partial charge in [0.1, 0.15) is 5.54 Å². The van der Waals surface area contributed by atoms with Crippen LogP contribution in [0.15, 0.2) is 0 Å². The SMILES string of the molecule is CCN(CCCC(CC)(NC1CC1)C(=O)O)C1CCCC1. The van der Waals surface area contributed by atoms with E-state index in [-0.39, 0.29) is 0 Å². The number of aliphatic carboxylic acids is 1. The lowest BCUT2D eigenvalue weighted by atomic mass is 9.90. The molecule has 4 heteroatoms. The first-order valence-corrected chi connectivity index (χ1v) is 8.86. The molecule has 122 valence electrons. The molecule has 0 heterocycles. The molecule has 21 heavy (non-hydrogen) atoms. The highest BCUT2D eigenvalue weighted by Gasteiger charge is 2.40. The van der Waals surface area contributed by atoms with Gasteiger partial charge >= 0.3 is 5.97 Å². The van der Waals surface area contributed by atoms with Gasteiger partial charge in [0.15, 0.2) is 0 Å². The van der Waals surface area contributed by atoms with Gasteiger partial charge in [-0.3, -0.25) is 10.1 Å². The van der Waals surface area contributed by atoms with Gasteiger partial charge in [0, 0.05) is 12.1 Å². The Kier molecular flexibility index (Phi) is 6.06. The second kappa shape index (κ2) is 7.59. The van der Waals surface area contributed by atoms with E-state index in [0.29, 0.717) is 12.5 Å². The number of hydrogen-bond acceptors (Lipinski definition) is 3. The summed E-state index contributed by atoms with van der Waals surface area (Å²) in [5.74, 6) is -0.666. The molecule has 0 aromatic heterocycles. The van der Waals surface area contributed by atoms with E-state index in [1.54, 1.807) is 0 Å². The summed E-state index contributed by atoms with van der Waals surface area (Å²) < 4.78 is 0. The summed E-state index contributed by atoms with van der Waals surface area (Å²) in [6.07, 6.45) is 10.0. The highest BCUT2D eigenvalue weighted by atomic mass is 16.4. The molecular weight excluding hydrogens is 264 g/mol. The van der Waals surface area contributed by atoms with Crippen LogP contribution in [0.1, 0.15) is 71.6 Å². The number of carbonyl (C=O) groups is 1. The van der Waals surface area contributed by atoms with Crippen molar-refractivity contribution < 1.29 is 9.90 Å². The van der Waals surface area contributed by atoms with Crippen LogP contribution in [0.5, 0.6) is 0 Å². The third kappa shape index (κ3) is 4.43. The standard InChI is InChI=1S/C17H32N2O2/c1-3-17(16(20)21,18-14-10-11-14)12-7-13-19(4-2)15-8-5-6-9-15/h14-15,18H,3-13H2,1-2H3,(H,20,21). The van der Waals surface area contributed by atoms with Gasteiger partial charge in [-0.1, -0.05) is 26.7 Å². The Morgan fingerprint density at radius 2 is 1.90 bits per heavy atom. The van der Waals surface area contributed by atoms with Crippen molar-refractivity contribution in [3.63, 3.8) is 0 Å². The number of carboxylic acids is 1. The molecule has 0 aromatic rings. The number of nitrogens with one attached hydrogen (secondary N) is 1. The van der Waals surface area contributed by atoms with E-state index in [0.717, 1.165) is 44.8 Å². The number of rotatable bonds is 10. The fourth-order valence-electron chi connectivity index (χ4n) is 3.74. The third-order valence-corrected chi connectivity index (χ3v) is 5.37. The van der Waals surface area contributed by atoms with E-state index in [9.17, 15) is 9.90 Å². The summed E-state index contributed by atoms with van der Waals surface area (Å²) >= 11 is 0. The Labute approximate surface area is 129 Å². The first kappa shape index (κ1) is 16.8. The maximum Gasteiger partial charge on any atom is 0.323 e. The summed E-state index contributed by atoms with van der Waals surface area (Å²) in [7, 11) is 0. The molecule has 0 aromatic carbocycles. The highest BCUT2D eigenvalue weighted by molar-refractivity contribution is 5.78. The maximum absolute atomic E-state index is 11.7. The zero-order valence-electron chi connectivity index (χ0n) is 13.7. The predicted molar refractivity (Wildman–Crippen MR) is 85.6 cm³/mol. The Bertz CT molecular complexity index is 338. The quantitative estimate of drug-likeness (QED) is 0.650. The Balaban J connectivity index is 1.83. The average molecular weight is 296 g/mol. The molecule has 4 nitrogen and oxygen atoms in total. The van der Waals surface area contributed by atoms with Crippen molar-refractivity contribution in [3.8, 4) is 0 Å².